The number of nitro groups is 1. The van der Waals surface area contributed by atoms with Crippen molar-refractivity contribution in [3.63, 3.8) is 0 Å². The van der Waals surface area contributed by atoms with E-state index in [9.17, 15) is 20.3 Å². The lowest BCUT2D eigenvalue weighted by Crippen LogP contribution is -2.28. The van der Waals surface area contributed by atoms with E-state index in [1.54, 1.807) is 0 Å². The quantitative estimate of drug-likeness (QED) is 0.411. The summed E-state index contributed by atoms with van der Waals surface area (Å²) in [6.45, 7) is -0.169. The number of hydrogen-bond acceptors (Lipinski definition) is 6. The second-order valence-electron chi connectivity index (χ2n) is 4.71. The van der Waals surface area contributed by atoms with E-state index in [1.807, 2.05) is 30.3 Å². The summed E-state index contributed by atoms with van der Waals surface area (Å²) in [5, 5.41) is 29.6. The maximum absolute atomic E-state index is 10.8. The average Bonchev–Trinajstić information content (AvgIpc) is 2.50. The molecule has 0 aromatic heterocycles. The molecule has 1 atom stereocenters. The molecule has 116 valence electrons. The van der Waals surface area contributed by atoms with Crippen LogP contribution in [0.25, 0.3) is 0 Å². The van der Waals surface area contributed by atoms with Crippen LogP contribution in [0.4, 0.5) is 0 Å². The van der Waals surface area contributed by atoms with Gasteiger partial charge in [0.2, 0.25) is 6.54 Å². The van der Waals surface area contributed by atoms with E-state index in [0.29, 0.717) is 5.56 Å². The molecule has 0 radical (unpaired) electrons. The number of rotatable bonds is 7. The zero-order chi connectivity index (χ0) is 15.9. The molecule has 22 heavy (non-hydrogen) atoms. The predicted octanol–water partition coefficient (Wildman–Crippen LogP) is 2.14. The highest BCUT2D eigenvalue weighted by atomic mass is 16.7. The van der Waals surface area contributed by atoms with Crippen LogP contribution in [-0.4, -0.2) is 21.7 Å². The van der Waals surface area contributed by atoms with Crippen molar-refractivity contribution in [2.45, 2.75) is 12.6 Å². The minimum atomic E-state index is -0.745. The number of phenols is 2. The Kier molecular flexibility index (Phi) is 5.29. The molecule has 0 fully saturated rings. The summed E-state index contributed by atoms with van der Waals surface area (Å²) in [5.41, 5.74) is 3.99. The fourth-order valence-corrected chi connectivity index (χ4v) is 1.92. The van der Waals surface area contributed by atoms with Crippen LogP contribution >= 0.6 is 0 Å². The maximum atomic E-state index is 10.8. The summed E-state index contributed by atoms with van der Waals surface area (Å²) in [6.07, 6.45) is 0. The highest BCUT2D eigenvalue weighted by Crippen LogP contribution is 2.28. The van der Waals surface area contributed by atoms with Gasteiger partial charge in [-0.25, -0.2) is 0 Å². The summed E-state index contributed by atoms with van der Waals surface area (Å²) in [6, 6.07) is 12.6. The monoisotopic (exact) mass is 304 g/mol. The summed E-state index contributed by atoms with van der Waals surface area (Å²) in [5.74, 6) is -0.621. The topological polar surface area (TPSA) is 105 Å². The Morgan fingerprint density at radius 1 is 1.14 bits per heavy atom. The fourth-order valence-electron chi connectivity index (χ4n) is 1.92. The summed E-state index contributed by atoms with van der Waals surface area (Å²) in [4.78, 5) is 15.6. The molecule has 3 N–H and O–H groups in total. The summed E-state index contributed by atoms with van der Waals surface area (Å²) < 4.78 is 0. The Bertz CT molecular complexity index is 633. The van der Waals surface area contributed by atoms with E-state index in [0.717, 1.165) is 5.56 Å². The third-order valence-corrected chi connectivity index (χ3v) is 3.04. The van der Waals surface area contributed by atoms with Crippen LogP contribution in [0.3, 0.4) is 0 Å². The number of aromatic hydroxyl groups is 2. The standard InChI is InChI=1S/C15H16N2O5/c18-14-7-6-12(8-15(14)19)13(9-17(20)21)16-22-10-11-4-2-1-3-5-11/h1-8,13,16,18-19H,9-10H2. The number of nitrogens with zero attached hydrogens (tertiary/aromatic N) is 1. The summed E-state index contributed by atoms with van der Waals surface area (Å²) >= 11 is 0. The first-order valence-electron chi connectivity index (χ1n) is 6.61. The molecule has 2 aromatic rings. The molecule has 0 aliphatic carbocycles. The third-order valence-electron chi connectivity index (χ3n) is 3.04. The lowest BCUT2D eigenvalue weighted by atomic mass is 10.1. The molecule has 0 spiro atoms. The van der Waals surface area contributed by atoms with Gasteiger partial charge in [-0.15, -0.1) is 0 Å². The molecule has 0 amide bonds. The largest absolute Gasteiger partial charge is 0.504 e. The van der Waals surface area contributed by atoms with E-state index in [-0.39, 0.29) is 18.1 Å². The molecule has 1 unspecified atom stereocenters. The molecular formula is C15H16N2O5. The van der Waals surface area contributed by atoms with E-state index in [2.05, 4.69) is 5.48 Å². The van der Waals surface area contributed by atoms with Crippen molar-refractivity contribution in [2.75, 3.05) is 6.54 Å². The van der Waals surface area contributed by atoms with Gasteiger partial charge in [-0.3, -0.25) is 15.0 Å². The van der Waals surface area contributed by atoms with Crippen molar-refractivity contribution in [1.29, 1.82) is 0 Å². The molecule has 0 aliphatic heterocycles. The molecule has 7 nitrogen and oxygen atoms in total. The Labute approximate surface area is 126 Å². The van der Waals surface area contributed by atoms with Crippen molar-refractivity contribution in [3.05, 3.63) is 69.8 Å². The van der Waals surface area contributed by atoms with Crippen molar-refractivity contribution >= 4 is 0 Å². The number of phenolic OH excluding ortho intramolecular Hbond substituents is 2. The van der Waals surface area contributed by atoms with Gasteiger partial charge in [-0.05, 0) is 23.3 Å². The molecule has 0 saturated heterocycles. The Morgan fingerprint density at radius 2 is 1.86 bits per heavy atom. The van der Waals surface area contributed by atoms with Gasteiger partial charge >= 0.3 is 0 Å². The van der Waals surface area contributed by atoms with Crippen LogP contribution in [-0.2, 0) is 11.4 Å². The molecular weight excluding hydrogens is 288 g/mol. The number of nitrogens with one attached hydrogen (secondary N) is 1. The van der Waals surface area contributed by atoms with Crippen molar-refractivity contribution in [1.82, 2.24) is 5.48 Å². The molecule has 7 heteroatoms. The predicted molar refractivity (Wildman–Crippen MR) is 78.7 cm³/mol. The molecule has 2 aromatic carbocycles. The first-order chi connectivity index (χ1) is 10.6. The highest BCUT2D eigenvalue weighted by Gasteiger charge is 2.19. The third kappa shape index (κ3) is 4.44. The van der Waals surface area contributed by atoms with Crippen LogP contribution in [0.1, 0.15) is 17.2 Å². The summed E-state index contributed by atoms with van der Waals surface area (Å²) in [7, 11) is 0. The van der Waals surface area contributed by atoms with Gasteiger partial charge in [0.15, 0.2) is 11.5 Å². The first kappa shape index (κ1) is 15.7. The minimum absolute atomic E-state index is 0.249. The van der Waals surface area contributed by atoms with Crippen LogP contribution < -0.4 is 5.48 Å². The molecule has 0 saturated carbocycles. The number of benzene rings is 2. The van der Waals surface area contributed by atoms with Gasteiger partial charge in [-0.1, -0.05) is 36.4 Å². The van der Waals surface area contributed by atoms with Crippen LogP contribution in [0, 0.1) is 10.1 Å². The maximum Gasteiger partial charge on any atom is 0.225 e. The Morgan fingerprint density at radius 3 is 2.50 bits per heavy atom. The van der Waals surface area contributed by atoms with Gasteiger partial charge in [-0.2, -0.15) is 5.48 Å². The second-order valence-corrected chi connectivity index (χ2v) is 4.71. The number of hydroxylamine groups is 1. The molecule has 0 aliphatic rings. The smallest absolute Gasteiger partial charge is 0.225 e. The SMILES string of the molecule is O=[N+]([O-])CC(NOCc1ccccc1)c1ccc(O)c(O)c1. The van der Waals surface area contributed by atoms with Crippen LogP contribution in [0.15, 0.2) is 48.5 Å². The minimum Gasteiger partial charge on any atom is -0.504 e. The van der Waals surface area contributed by atoms with Gasteiger partial charge < -0.3 is 10.2 Å². The van der Waals surface area contributed by atoms with E-state index < -0.39 is 17.5 Å². The van der Waals surface area contributed by atoms with Gasteiger partial charge in [0.1, 0.15) is 6.04 Å². The Balaban J connectivity index is 2.02. The van der Waals surface area contributed by atoms with E-state index >= 15 is 0 Å². The molecule has 0 heterocycles. The van der Waals surface area contributed by atoms with Crippen LogP contribution in [0.2, 0.25) is 0 Å². The average molecular weight is 304 g/mol. The lowest BCUT2D eigenvalue weighted by Gasteiger charge is -2.16. The zero-order valence-electron chi connectivity index (χ0n) is 11.7. The van der Waals surface area contributed by atoms with Crippen molar-refractivity contribution in [2.24, 2.45) is 0 Å². The van der Waals surface area contributed by atoms with Gasteiger partial charge in [0, 0.05) is 4.92 Å². The second kappa shape index (κ2) is 7.39. The highest BCUT2D eigenvalue weighted by molar-refractivity contribution is 5.41. The van der Waals surface area contributed by atoms with E-state index in [1.165, 1.54) is 18.2 Å². The zero-order valence-corrected chi connectivity index (χ0v) is 11.7. The number of hydrogen-bond donors (Lipinski definition) is 3. The van der Waals surface area contributed by atoms with Crippen molar-refractivity contribution < 1.29 is 20.0 Å². The lowest BCUT2D eigenvalue weighted by molar-refractivity contribution is -0.486. The van der Waals surface area contributed by atoms with Crippen LogP contribution in [0.5, 0.6) is 11.5 Å². The van der Waals surface area contributed by atoms with Gasteiger partial charge in [0.25, 0.3) is 0 Å². The molecule has 0 bridgehead atoms. The van der Waals surface area contributed by atoms with Gasteiger partial charge in [0.05, 0.1) is 6.61 Å². The fraction of sp³-hybridized carbons (Fsp3) is 0.200. The van der Waals surface area contributed by atoms with E-state index in [4.69, 9.17) is 4.84 Å². The Hall–Kier alpha value is -2.64. The first-order valence-corrected chi connectivity index (χ1v) is 6.61. The van der Waals surface area contributed by atoms with Crippen molar-refractivity contribution in [3.8, 4) is 11.5 Å². The molecule has 2 rings (SSSR count). The normalized spacial score (nSPS) is 12.0.